The van der Waals surface area contributed by atoms with E-state index in [1.807, 2.05) is 19.2 Å². The maximum atomic E-state index is 5.88. The van der Waals surface area contributed by atoms with Crippen molar-refractivity contribution in [2.24, 2.45) is 0 Å². The average molecular weight is 241 g/mol. The van der Waals surface area contributed by atoms with Crippen molar-refractivity contribution in [3.63, 3.8) is 0 Å². The molecule has 0 aliphatic heterocycles. The van der Waals surface area contributed by atoms with E-state index >= 15 is 0 Å². The third-order valence-electron chi connectivity index (χ3n) is 3.11. The van der Waals surface area contributed by atoms with Gasteiger partial charge in [0.1, 0.15) is 0 Å². The fourth-order valence-corrected chi connectivity index (χ4v) is 1.89. The Morgan fingerprint density at radius 3 is 2.22 bits per heavy atom. The molecule has 0 fully saturated rings. The van der Waals surface area contributed by atoms with Crippen LogP contribution in [-0.4, -0.2) is 14.1 Å². The van der Waals surface area contributed by atoms with Gasteiger partial charge in [-0.1, -0.05) is 17.7 Å². The molecule has 2 aromatic carbocycles. The number of aryl methyl sites for hydroxylation is 1. The first kappa shape index (κ1) is 12.3. The Morgan fingerprint density at radius 1 is 1.00 bits per heavy atom. The molecule has 94 valence electrons. The van der Waals surface area contributed by atoms with Gasteiger partial charge >= 0.3 is 0 Å². The van der Waals surface area contributed by atoms with E-state index in [1.165, 1.54) is 5.56 Å². The predicted molar refractivity (Wildman–Crippen MR) is 79.6 cm³/mol. The van der Waals surface area contributed by atoms with Crippen LogP contribution >= 0.6 is 0 Å². The lowest BCUT2D eigenvalue weighted by atomic mass is 10.2. The van der Waals surface area contributed by atoms with Crippen molar-refractivity contribution < 1.29 is 0 Å². The molecule has 0 spiro atoms. The van der Waals surface area contributed by atoms with Crippen LogP contribution in [0.3, 0.4) is 0 Å². The van der Waals surface area contributed by atoms with E-state index in [1.54, 1.807) is 0 Å². The van der Waals surface area contributed by atoms with Crippen molar-refractivity contribution in [2.45, 2.75) is 6.92 Å². The maximum Gasteiger partial charge on any atom is 0.0592 e. The lowest BCUT2D eigenvalue weighted by Crippen LogP contribution is -2.10. The highest BCUT2D eigenvalue weighted by Crippen LogP contribution is 2.29. The summed E-state index contributed by atoms with van der Waals surface area (Å²) in [5.41, 5.74) is 11.1. The zero-order valence-electron chi connectivity index (χ0n) is 11.1. The van der Waals surface area contributed by atoms with Gasteiger partial charge in [-0.05, 0) is 37.3 Å². The second-order valence-electron chi connectivity index (χ2n) is 4.42. The summed E-state index contributed by atoms with van der Waals surface area (Å²) in [7, 11) is 3.93. The van der Waals surface area contributed by atoms with Crippen molar-refractivity contribution in [1.29, 1.82) is 0 Å². The molecule has 0 aliphatic rings. The summed E-state index contributed by atoms with van der Waals surface area (Å²) in [6, 6.07) is 14.5. The molecule has 18 heavy (non-hydrogen) atoms. The molecule has 0 saturated carbocycles. The lowest BCUT2D eigenvalue weighted by Gasteiger charge is -2.21. The van der Waals surface area contributed by atoms with E-state index in [4.69, 9.17) is 5.73 Å². The van der Waals surface area contributed by atoms with Crippen molar-refractivity contribution in [3.8, 4) is 0 Å². The minimum absolute atomic E-state index is 0.763. The summed E-state index contributed by atoms with van der Waals surface area (Å²) in [5.74, 6) is 0. The maximum absolute atomic E-state index is 5.88. The number of benzene rings is 2. The van der Waals surface area contributed by atoms with E-state index < -0.39 is 0 Å². The first-order valence-electron chi connectivity index (χ1n) is 5.99. The van der Waals surface area contributed by atoms with Crippen molar-refractivity contribution in [2.75, 3.05) is 30.0 Å². The number of rotatable bonds is 3. The zero-order valence-corrected chi connectivity index (χ0v) is 11.1. The van der Waals surface area contributed by atoms with E-state index in [9.17, 15) is 0 Å². The van der Waals surface area contributed by atoms with Gasteiger partial charge in [0, 0.05) is 25.5 Å². The molecule has 0 aromatic heterocycles. The Balaban J connectivity index is 2.33. The molecule has 0 radical (unpaired) electrons. The third-order valence-corrected chi connectivity index (χ3v) is 3.11. The minimum atomic E-state index is 0.763. The Kier molecular flexibility index (Phi) is 3.42. The number of nitrogens with two attached hydrogens (primary N) is 1. The molecular formula is C15H19N3. The van der Waals surface area contributed by atoms with Crippen LogP contribution in [0.15, 0.2) is 42.5 Å². The molecule has 0 amide bonds. The van der Waals surface area contributed by atoms with Gasteiger partial charge in [0.05, 0.1) is 11.4 Å². The van der Waals surface area contributed by atoms with Gasteiger partial charge in [-0.15, -0.1) is 0 Å². The number of hydrogen-bond donors (Lipinski definition) is 2. The molecule has 0 saturated heterocycles. The van der Waals surface area contributed by atoms with Gasteiger partial charge in [0.2, 0.25) is 0 Å². The van der Waals surface area contributed by atoms with E-state index in [-0.39, 0.29) is 0 Å². The molecule has 2 aromatic rings. The molecular weight excluding hydrogens is 222 g/mol. The monoisotopic (exact) mass is 241 g/mol. The second kappa shape index (κ2) is 5.00. The van der Waals surface area contributed by atoms with Crippen molar-refractivity contribution in [1.82, 2.24) is 0 Å². The Morgan fingerprint density at radius 2 is 1.61 bits per heavy atom. The lowest BCUT2D eigenvalue weighted by molar-refractivity contribution is 1.20. The van der Waals surface area contributed by atoms with Crippen LogP contribution in [0.1, 0.15) is 5.56 Å². The number of nitrogens with zero attached hydrogens (tertiary/aromatic N) is 1. The zero-order chi connectivity index (χ0) is 13.1. The van der Waals surface area contributed by atoms with Crippen molar-refractivity contribution >= 4 is 22.7 Å². The molecule has 3 heteroatoms. The van der Waals surface area contributed by atoms with Crippen molar-refractivity contribution in [3.05, 3.63) is 48.0 Å². The summed E-state index contributed by atoms with van der Waals surface area (Å²) in [4.78, 5) is 2.14. The number of nitrogens with one attached hydrogen (secondary N) is 1. The van der Waals surface area contributed by atoms with Crippen LogP contribution in [0.25, 0.3) is 0 Å². The quantitative estimate of drug-likeness (QED) is 0.809. The van der Waals surface area contributed by atoms with Crippen LogP contribution in [-0.2, 0) is 0 Å². The summed E-state index contributed by atoms with van der Waals surface area (Å²) < 4.78 is 0. The normalized spacial score (nSPS) is 10.2. The fourth-order valence-electron chi connectivity index (χ4n) is 1.89. The summed E-state index contributed by atoms with van der Waals surface area (Å²) in [6.45, 7) is 2.09. The van der Waals surface area contributed by atoms with Gasteiger partial charge < -0.3 is 16.0 Å². The number of hydrogen-bond acceptors (Lipinski definition) is 3. The van der Waals surface area contributed by atoms with Gasteiger partial charge in [-0.3, -0.25) is 0 Å². The minimum Gasteiger partial charge on any atom is -0.397 e. The first-order chi connectivity index (χ1) is 8.61. The molecule has 3 nitrogen and oxygen atoms in total. The number of anilines is 4. The highest BCUT2D eigenvalue weighted by molar-refractivity contribution is 5.75. The molecule has 0 atom stereocenters. The summed E-state index contributed by atoms with van der Waals surface area (Å²) in [5, 5.41) is 3.10. The van der Waals surface area contributed by atoms with E-state index in [0.29, 0.717) is 0 Å². The highest BCUT2D eigenvalue weighted by atomic mass is 15.1. The van der Waals surface area contributed by atoms with Crippen LogP contribution < -0.4 is 16.0 Å². The summed E-state index contributed by atoms with van der Waals surface area (Å²) >= 11 is 0. The first-order valence-corrected chi connectivity index (χ1v) is 5.99. The van der Waals surface area contributed by atoms with E-state index in [0.717, 1.165) is 22.7 Å². The largest absolute Gasteiger partial charge is 0.397 e. The Hall–Kier alpha value is -2.16. The molecule has 0 aliphatic carbocycles. The van der Waals surface area contributed by atoms with Gasteiger partial charge in [-0.25, -0.2) is 0 Å². The van der Waals surface area contributed by atoms with Crippen LogP contribution in [0.2, 0.25) is 0 Å². The third kappa shape index (κ3) is 2.40. The Bertz CT molecular complexity index is 532. The number of nitrogen functional groups attached to an aromatic ring is 1. The van der Waals surface area contributed by atoms with E-state index in [2.05, 4.69) is 54.5 Å². The molecule has 0 bridgehead atoms. The van der Waals surface area contributed by atoms with Gasteiger partial charge in [-0.2, -0.15) is 0 Å². The van der Waals surface area contributed by atoms with Gasteiger partial charge in [0.15, 0.2) is 0 Å². The van der Waals surface area contributed by atoms with Crippen LogP contribution in [0.4, 0.5) is 22.7 Å². The van der Waals surface area contributed by atoms with Crippen LogP contribution in [0.5, 0.6) is 0 Å². The highest BCUT2D eigenvalue weighted by Gasteiger charge is 2.06. The second-order valence-corrected chi connectivity index (χ2v) is 4.42. The van der Waals surface area contributed by atoms with Crippen LogP contribution in [0, 0.1) is 6.92 Å². The average Bonchev–Trinajstić information content (AvgIpc) is 2.39. The SMILES string of the molecule is CNc1cc(N(C)c2ccc(C)cc2)ccc1N. The molecule has 2 rings (SSSR count). The predicted octanol–water partition coefficient (Wildman–Crippen LogP) is 3.39. The molecule has 0 unspecified atom stereocenters. The molecule has 0 heterocycles. The fraction of sp³-hybridized carbons (Fsp3) is 0.200. The van der Waals surface area contributed by atoms with Gasteiger partial charge in [0.25, 0.3) is 0 Å². The topological polar surface area (TPSA) is 41.3 Å². The smallest absolute Gasteiger partial charge is 0.0592 e. The molecule has 3 N–H and O–H groups in total. The summed E-state index contributed by atoms with van der Waals surface area (Å²) in [6.07, 6.45) is 0. The standard InChI is InChI=1S/C15H19N3/c1-11-4-6-12(7-5-11)18(3)13-8-9-14(16)15(10-13)17-2/h4-10,17H,16H2,1-3H3. The Labute approximate surface area is 108 Å².